The molecule has 10 heavy (non-hydrogen) atoms. The highest BCUT2D eigenvalue weighted by molar-refractivity contribution is 4.59. The van der Waals surface area contributed by atoms with Gasteiger partial charge in [-0.05, 0) is 25.2 Å². The first kappa shape index (κ1) is 9.89. The zero-order valence-electron chi connectivity index (χ0n) is 6.81. The molecule has 0 saturated carbocycles. The lowest BCUT2D eigenvalue weighted by atomic mass is 10.0. The Balaban J connectivity index is 3.13. The Labute approximate surface area is 62.3 Å². The van der Waals surface area contributed by atoms with Gasteiger partial charge in [-0.1, -0.05) is 13.8 Å². The molecule has 0 fully saturated rings. The standard InChI is InChI=1S/C8H17FO/c1-7(2)8(10)5-3-4-6-9/h7-8,10H,3-6H2,1-2H3. The van der Waals surface area contributed by atoms with Crippen LogP contribution < -0.4 is 0 Å². The third kappa shape index (κ3) is 4.74. The van der Waals surface area contributed by atoms with Gasteiger partial charge in [-0.2, -0.15) is 0 Å². The predicted octanol–water partition coefficient (Wildman–Crippen LogP) is 2.14. The molecule has 0 aliphatic carbocycles. The highest BCUT2D eigenvalue weighted by Crippen LogP contribution is 2.09. The van der Waals surface area contributed by atoms with Gasteiger partial charge in [0.15, 0.2) is 0 Å². The highest BCUT2D eigenvalue weighted by atomic mass is 19.1. The molecule has 1 unspecified atom stereocenters. The first-order valence-electron chi connectivity index (χ1n) is 3.92. The fourth-order valence-electron chi connectivity index (χ4n) is 0.781. The van der Waals surface area contributed by atoms with Crippen molar-refractivity contribution in [1.29, 1.82) is 0 Å². The third-order valence-corrected chi connectivity index (χ3v) is 1.65. The summed E-state index contributed by atoms with van der Waals surface area (Å²) in [6, 6.07) is 0. The zero-order valence-corrected chi connectivity index (χ0v) is 6.81. The molecule has 1 atom stereocenters. The van der Waals surface area contributed by atoms with Gasteiger partial charge >= 0.3 is 0 Å². The van der Waals surface area contributed by atoms with E-state index in [4.69, 9.17) is 0 Å². The number of alkyl halides is 1. The van der Waals surface area contributed by atoms with Crippen LogP contribution in [-0.2, 0) is 0 Å². The topological polar surface area (TPSA) is 20.2 Å². The van der Waals surface area contributed by atoms with Crippen molar-refractivity contribution in [1.82, 2.24) is 0 Å². The molecule has 2 heteroatoms. The normalized spacial score (nSPS) is 14.1. The molecule has 0 saturated heterocycles. The summed E-state index contributed by atoms with van der Waals surface area (Å²) in [5.74, 6) is 0.305. The van der Waals surface area contributed by atoms with Crippen molar-refractivity contribution < 1.29 is 9.50 Å². The molecule has 0 aliphatic rings. The molecule has 0 aromatic heterocycles. The molecular weight excluding hydrogens is 131 g/mol. The number of aliphatic hydroxyl groups is 1. The van der Waals surface area contributed by atoms with Crippen molar-refractivity contribution in [3.8, 4) is 0 Å². The van der Waals surface area contributed by atoms with Crippen LogP contribution in [0.2, 0.25) is 0 Å². The minimum absolute atomic E-state index is 0.244. The first-order chi connectivity index (χ1) is 4.68. The van der Waals surface area contributed by atoms with E-state index in [-0.39, 0.29) is 12.8 Å². The van der Waals surface area contributed by atoms with E-state index in [0.717, 1.165) is 12.8 Å². The van der Waals surface area contributed by atoms with Gasteiger partial charge in [-0.3, -0.25) is 4.39 Å². The second-order valence-electron chi connectivity index (χ2n) is 3.00. The molecule has 0 spiro atoms. The van der Waals surface area contributed by atoms with Crippen molar-refractivity contribution in [2.45, 2.75) is 39.2 Å². The lowest BCUT2D eigenvalue weighted by Crippen LogP contribution is -2.13. The quantitative estimate of drug-likeness (QED) is 0.592. The van der Waals surface area contributed by atoms with Crippen LogP contribution in [0.3, 0.4) is 0 Å². The minimum Gasteiger partial charge on any atom is -0.393 e. The van der Waals surface area contributed by atoms with Crippen LogP contribution in [0.1, 0.15) is 33.1 Å². The van der Waals surface area contributed by atoms with Crippen LogP contribution in [0, 0.1) is 5.92 Å². The summed E-state index contributed by atoms with van der Waals surface area (Å²) >= 11 is 0. The molecule has 0 amide bonds. The van der Waals surface area contributed by atoms with E-state index in [0.29, 0.717) is 12.3 Å². The Morgan fingerprint density at radius 3 is 2.30 bits per heavy atom. The van der Waals surface area contributed by atoms with Gasteiger partial charge in [-0.25, -0.2) is 0 Å². The lowest BCUT2D eigenvalue weighted by Gasteiger charge is -2.12. The SMILES string of the molecule is CC(C)C(O)CCCCF. The largest absolute Gasteiger partial charge is 0.393 e. The van der Waals surface area contributed by atoms with Gasteiger partial charge < -0.3 is 5.11 Å². The van der Waals surface area contributed by atoms with E-state index in [2.05, 4.69) is 0 Å². The molecule has 0 heterocycles. The summed E-state index contributed by atoms with van der Waals surface area (Å²) in [5, 5.41) is 9.23. The van der Waals surface area contributed by atoms with Crippen LogP contribution in [0.4, 0.5) is 4.39 Å². The van der Waals surface area contributed by atoms with Crippen molar-refractivity contribution in [3.63, 3.8) is 0 Å². The molecule has 0 rings (SSSR count). The number of rotatable bonds is 5. The molecular formula is C8H17FO. The second kappa shape index (κ2) is 5.66. The Hall–Kier alpha value is -0.110. The Kier molecular flexibility index (Phi) is 5.60. The Bertz CT molecular complexity index is 73.7. The summed E-state index contributed by atoms with van der Waals surface area (Å²) in [7, 11) is 0. The van der Waals surface area contributed by atoms with E-state index in [1.54, 1.807) is 0 Å². The molecule has 0 aromatic carbocycles. The number of aliphatic hydroxyl groups excluding tert-OH is 1. The summed E-state index contributed by atoms with van der Waals surface area (Å²) in [4.78, 5) is 0. The zero-order chi connectivity index (χ0) is 7.98. The van der Waals surface area contributed by atoms with Crippen molar-refractivity contribution in [2.75, 3.05) is 6.67 Å². The van der Waals surface area contributed by atoms with Crippen molar-refractivity contribution >= 4 is 0 Å². The van der Waals surface area contributed by atoms with Gasteiger partial charge in [0, 0.05) is 0 Å². The van der Waals surface area contributed by atoms with Gasteiger partial charge in [0.25, 0.3) is 0 Å². The molecule has 0 aromatic rings. The predicted molar refractivity (Wildman–Crippen MR) is 40.7 cm³/mol. The second-order valence-corrected chi connectivity index (χ2v) is 3.00. The lowest BCUT2D eigenvalue weighted by molar-refractivity contribution is 0.112. The maximum absolute atomic E-state index is 11.6. The fourth-order valence-corrected chi connectivity index (χ4v) is 0.781. The minimum atomic E-state index is -0.259. The molecule has 62 valence electrons. The molecule has 1 N–H and O–H groups in total. The van der Waals surface area contributed by atoms with E-state index in [1.165, 1.54) is 0 Å². The summed E-state index contributed by atoms with van der Waals surface area (Å²) in [5.41, 5.74) is 0. The molecule has 0 bridgehead atoms. The smallest absolute Gasteiger partial charge is 0.0894 e. The molecule has 0 radical (unpaired) electrons. The average Bonchev–Trinajstić information content (AvgIpc) is 1.88. The van der Waals surface area contributed by atoms with E-state index >= 15 is 0 Å². The number of unbranched alkanes of at least 4 members (excludes halogenated alkanes) is 1. The van der Waals surface area contributed by atoms with E-state index < -0.39 is 0 Å². The molecule has 1 nitrogen and oxygen atoms in total. The van der Waals surface area contributed by atoms with E-state index in [1.807, 2.05) is 13.8 Å². The summed E-state index contributed by atoms with van der Waals surface area (Å²) in [6.45, 7) is 3.69. The Morgan fingerprint density at radius 2 is 1.90 bits per heavy atom. The van der Waals surface area contributed by atoms with Crippen LogP contribution in [0.5, 0.6) is 0 Å². The van der Waals surface area contributed by atoms with Crippen LogP contribution in [0.15, 0.2) is 0 Å². The number of hydrogen-bond donors (Lipinski definition) is 1. The van der Waals surface area contributed by atoms with Gasteiger partial charge in [-0.15, -0.1) is 0 Å². The maximum atomic E-state index is 11.6. The summed E-state index contributed by atoms with van der Waals surface area (Å²) in [6.07, 6.45) is 1.88. The van der Waals surface area contributed by atoms with Crippen LogP contribution in [-0.4, -0.2) is 17.9 Å². The third-order valence-electron chi connectivity index (χ3n) is 1.65. The maximum Gasteiger partial charge on any atom is 0.0894 e. The van der Waals surface area contributed by atoms with Crippen molar-refractivity contribution in [2.24, 2.45) is 5.92 Å². The Morgan fingerprint density at radius 1 is 1.30 bits per heavy atom. The number of halogens is 1. The van der Waals surface area contributed by atoms with Crippen LogP contribution in [0.25, 0.3) is 0 Å². The monoisotopic (exact) mass is 148 g/mol. The number of hydrogen-bond acceptors (Lipinski definition) is 1. The van der Waals surface area contributed by atoms with Crippen molar-refractivity contribution in [3.05, 3.63) is 0 Å². The van der Waals surface area contributed by atoms with Gasteiger partial charge in [0.1, 0.15) is 0 Å². The van der Waals surface area contributed by atoms with E-state index in [9.17, 15) is 9.50 Å². The van der Waals surface area contributed by atoms with Gasteiger partial charge in [0.2, 0.25) is 0 Å². The van der Waals surface area contributed by atoms with Crippen LogP contribution >= 0.6 is 0 Å². The molecule has 0 aliphatic heterocycles. The fraction of sp³-hybridized carbons (Fsp3) is 1.00. The van der Waals surface area contributed by atoms with Gasteiger partial charge in [0.05, 0.1) is 12.8 Å². The first-order valence-corrected chi connectivity index (χ1v) is 3.92. The highest BCUT2D eigenvalue weighted by Gasteiger charge is 2.07. The summed E-state index contributed by atoms with van der Waals surface area (Å²) < 4.78 is 11.6. The average molecular weight is 148 g/mol.